The molecular weight excluding hydrogens is 336 g/mol. The Hall–Kier alpha value is -1.86. The van der Waals surface area contributed by atoms with Gasteiger partial charge in [0.05, 0.1) is 16.6 Å². The van der Waals surface area contributed by atoms with Gasteiger partial charge in [-0.1, -0.05) is 12.8 Å². The molecule has 0 spiro atoms. The molecule has 25 heavy (non-hydrogen) atoms. The van der Waals surface area contributed by atoms with E-state index in [4.69, 9.17) is 4.74 Å². The molecule has 3 aliphatic rings. The summed E-state index contributed by atoms with van der Waals surface area (Å²) in [5, 5.41) is 7.04. The molecule has 4 heterocycles. The maximum absolute atomic E-state index is 12.3. The predicted molar refractivity (Wildman–Crippen MR) is 95.3 cm³/mol. The minimum absolute atomic E-state index is 0.0418. The Labute approximate surface area is 150 Å². The number of likely N-dealkylation sites (tertiary alicyclic amines) is 1. The van der Waals surface area contributed by atoms with Gasteiger partial charge in [0.15, 0.2) is 0 Å². The van der Waals surface area contributed by atoms with E-state index in [-0.39, 0.29) is 18.2 Å². The van der Waals surface area contributed by atoms with Gasteiger partial charge in [0.1, 0.15) is 6.10 Å². The van der Waals surface area contributed by atoms with Crippen LogP contribution in [0.4, 0.5) is 4.79 Å². The first-order valence-corrected chi connectivity index (χ1v) is 9.89. The summed E-state index contributed by atoms with van der Waals surface area (Å²) in [5.41, 5.74) is 1.07. The highest BCUT2D eigenvalue weighted by molar-refractivity contribution is 7.15. The highest BCUT2D eigenvalue weighted by Gasteiger charge is 2.50. The summed E-state index contributed by atoms with van der Waals surface area (Å²) in [6, 6.07) is 6.97. The number of nitrogens with one attached hydrogen (secondary N) is 1. The zero-order valence-corrected chi connectivity index (χ0v) is 14.9. The Kier molecular flexibility index (Phi) is 3.78. The van der Waals surface area contributed by atoms with Gasteiger partial charge < -0.3 is 4.74 Å². The number of carbonyl (C=O) groups is 1. The number of rotatable bonds is 4. The van der Waals surface area contributed by atoms with E-state index in [0.717, 1.165) is 38.2 Å². The molecule has 1 aliphatic carbocycles. The van der Waals surface area contributed by atoms with Gasteiger partial charge in [-0.3, -0.25) is 14.9 Å². The van der Waals surface area contributed by atoms with Crippen molar-refractivity contribution in [2.24, 2.45) is 0 Å². The number of nitrogens with zero attached hydrogens (tertiary/aromatic N) is 3. The van der Waals surface area contributed by atoms with Crippen molar-refractivity contribution in [2.75, 3.05) is 13.1 Å². The Bertz CT molecular complexity index is 753. The van der Waals surface area contributed by atoms with E-state index in [9.17, 15) is 4.79 Å². The van der Waals surface area contributed by atoms with Crippen LogP contribution in [0.1, 0.15) is 30.6 Å². The fourth-order valence-corrected chi connectivity index (χ4v) is 5.52. The number of fused-ring (bicyclic) bond motifs is 1. The van der Waals surface area contributed by atoms with Crippen LogP contribution in [0.15, 0.2) is 24.4 Å². The number of ether oxygens (including phenoxy) is 1. The maximum atomic E-state index is 12.3. The number of aromatic nitrogens is 2. The third-order valence-corrected chi connectivity index (χ3v) is 6.76. The van der Waals surface area contributed by atoms with E-state index in [2.05, 4.69) is 32.1 Å². The molecule has 0 aromatic carbocycles. The van der Waals surface area contributed by atoms with Crippen LogP contribution in [-0.2, 0) is 11.3 Å². The summed E-state index contributed by atoms with van der Waals surface area (Å²) in [6.45, 7) is 2.68. The Morgan fingerprint density at radius 1 is 1.24 bits per heavy atom. The highest BCUT2D eigenvalue weighted by atomic mass is 32.1. The minimum Gasteiger partial charge on any atom is -0.442 e. The van der Waals surface area contributed by atoms with E-state index >= 15 is 0 Å². The molecule has 2 aromatic rings. The molecular formula is C18H22N4O2S. The number of amides is 1. The zero-order chi connectivity index (χ0) is 16.8. The van der Waals surface area contributed by atoms with Gasteiger partial charge in [0.2, 0.25) is 0 Å². The van der Waals surface area contributed by atoms with Gasteiger partial charge in [-0.15, -0.1) is 11.3 Å². The van der Waals surface area contributed by atoms with Crippen LogP contribution in [0, 0.1) is 0 Å². The molecule has 0 bridgehead atoms. The number of carbonyl (C=O) groups excluding carboxylic acids is 1. The first kappa shape index (κ1) is 15.4. The molecule has 2 aliphatic heterocycles. The van der Waals surface area contributed by atoms with Gasteiger partial charge >= 0.3 is 6.09 Å². The molecule has 2 aromatic heterocycles. The lowest BCUT2D eigenvalue weighted by Crippen LogP contribution is -2.43. The second-order valence-electron chi connectivity index (χ2n) is 7.27. The van der Waals surface area contributed by atoms with E-state index in [1.54, 1.807) is 17.5 Å². The lowest BCUT2D eigenvalue weighted by atomic mass is 10.1. The predicted octanol–water partition coefficient (Wildman–Crippen LogP) is 3.09. The number of H-pyrrole nitrogens is 1. The van der Waals surface area contributed by atoms with Gasteiger partial charge in [0, 0.05) is 36.8 Å². The molecule has 0 unspecified atom stereocenters. The van der Waals surface area contributed by atoms with Crippen molar-refractivity contribution in [3.05, 3.63) is 29.3 Å². The van der Waals surface area contributed by atoms with Gasteiger partial charge in [0.25, 0.3) is 0 Å². The first-order chi connectivity index (χ1) is 12.3. The van der Waals surface area contributed by atoms with Crippen molar-refractivity contribution in [1.29, 1.82) is 0 Å². The van der Waals surface area contributed by atoms with Crippen LogP contribution >= 0.6 is 11.3 Å². The summed E-state index contributed by atoms with van der Waals surface area (Å²) < 4.78 is 5.68. The Balaban J connectivity index is 1.26. The molecule has 2 atom stereocenters. The molecule has 0 radical (unpaired) electrons. The van der Waals surface area contributed by atoms with E-state index in [1.165, 1.54) is 22.6 Å². The largest absolute Gasteiger partial charge is 0.442 e. The maximum Gasteiger partial charge on any atom is 0.410 e. The normalized spacial score (nSPS) is 27.2. The lowest BCUT2D eigenvalue weighted by Gasteiger charge is -2.27. The van der Waals surface area contributed by atoms with Crippen LogP contribution < -0.4 is 0 Å². The molecule has 2 saturated heterocycles. The van der Waals surface area contributed by atoms with Crippen LogP contribution in [-0.4, -0.2) is 57.4 Å². The van der Waals surface area contributed by atoms with Crippen LogP contribution in [0.5, 0.6) is 0 Å². The molecule has 6 nitrogen and oxygen atoms in total. The zero-order valence-electron chi connectivity index (χ0n) is 14.1. The molecule has 132 valence electrons. The van der Waals surface area contributed by atoms with E-state index in [1.807, 2.05) is 6.07 Å². The number of hydrogen-bond donors (Lipinski definition) is 1. The highest BCUT2D eigenvalue weighted by Crippen LogP contribution is 2.35. The number of aromatic amines is 1. The monoisotopic (exact) mass is 358 g/mol. The summed E-state index contributed by atoms with van der Waals surface area (Å²) >= 11 is 1.80. The third-order valence-electron chi connectivity index (χ3n) is 5.66. The third kappa shape index (κ3) is 2.75. The Morgan fingerprint density at radius 2 is 2.12 bits per heavy atom. The van der Waals surface area contributed by atoms with Crippen molar-refractivity contribution in [2.45, 2.75) is 50.4 Å². The second-order valence-corrected chi connectivity index (χ2v) is 8.43. The smallest absolute Gasteiger partial charge is 0.410 e. The fraction of sp³-hybridized carbons (Fsp3) is 0.556. The fourth-order valence-electron chi connectivity index (χ4n) is 4.49. The summed E-state index contributed by atoms with van der Waals surface area (Å²) in [4.78, 5) is 19.3. The van der Waals surface area contributed by atoms with Crippen LogP contribution in [0.2, 0.25) is 0 Å². The summed E-state index contributed by atoms with van der Waals surface area (Å²) in [6.07, 6.45) is 6.48. The minimum atomic E-state index is -0.0841. The molecule has 5 rings (SSSR count). The molecule has 1 amide bonds. The quantitative estimate of drug-likeness (QED) is 0.912. The topological polar surface area (TPSA) is 61.5 Å². The molecule has 7 heteroatoms. The molecule has 1 N–H and O–H groups in total. The van der Waals surface area contributed by atoms with Crippen molar-refractivity contribution in [3.8, 4) is 10.6 Å². The number of thiophene rings is 1. The van der Waals surface area contributed by atoms with Crippen molar-refractivity contribution < 1.29 is 9.53 Å². The molecule has 1 saturated carbocycles. The Morgan fingerprint density at radius 3 is 2.92 bits per heavy atom. The van der Waals surface area contributed by atoms with Crippen molar-refractivity contribution >= 4 is 17.4 Å². The van der Waals surface area contributed by atoms with E-state index in [0.29, 0.717) is 6.04 Å². The van der Waals surface area contributed by atoms with Gasteiger partial charge in [-0.25, -0.2) is 4.79 Å². The summed E-state index contributed by atoms with van der Waals surface area (Å²) in [7, 11) is 0. The van der Waals surface area contributed by atoms with Gasteiger partial charge in [-0.05, 0) is 31.0 Å². The average molecular weight is 358 g/mol. The molecule has 3 fully saturated rings. The average Bonchev–Trinajstić information content (AvgIpc) is 3.37. The van der Waals surface area contributed by atoms with Crippen molar-refractivity contribution in [3.63, 3.8) is 0 Å². The number of hydrogen-bond acceptors (Lipinski definition) is 5. The second kappa shape index (κ2) is 6.14. The van der Waals surface area contributed by atoms with Crippen LogP contribution in [0.25, 0.3) is 10.6 Å². The van der Waals surface area contributed by atoms with Gasteiger partial charge in [-0.2, -0.15) is 5.10 Å². The lowest BCUT2D eigenvalue weighted by molar-refractivity contribution is 0.113. The summed E-state index contributed by atoms with van der Waals surface area (Å²) in [5.74, 6) is 0. The first-order valence-electron chi connectivity index (χ1n) is 9.08. The van der Waals surface area contributed by atoms with Crippen LogP contribution in [0.3, 0.4) is 0 Å². The van der Waals surface area contributed by atoms with E-state index < -0.39 is 0 Å². The SMILES string of the molecule is O=C1O[C@@H]2CN(Cc3ccc(-c4ccn[nH]4)s3)C[C@@H]2N1C1CCCC1. The standard InChI is InChI=1S/C18H22N4O2S/c23-18-22(12-3-1-2-4-12)15-10-21(11-16(15)24-18)9-13-5-6-17(25-13)14-7-8-19-20-14/h5-8,12,15-16H,1-4,9-11H2,(H,19,20)/t15-,16+/m0/s1. The van der Waals surface area contributed by atoms with Crippen molar-refractivity contribution in [1.82, 2.24) is 20.0 Å².